The van der Waals surface area contributed by atoms with Crippen LogP contribution in [0.2, 0.25) is 0 Å². The number of nitrogens with one attached hydrogen (secondary N) is 2. The molecular weight excluding hydrogens is 152 g/mol. The molecule has 0 saturated heterocycles. The molecule has 0 aliphatic carbocycles. The molecule has 0 fully saturated rings. The molecule has 0 unspecified atom stereocenters. The fourth-order valence-corrected chi connectivity index (χ4v) is 0.562. The fraction of sp³-hybridized carbons (Fsp3) is 0. The summed E-state index contributed by atoms with van der Waals surface area (Å²) in [5, 5.41) is 0. The minimum Gasteiger partial charge on any atom is -0.411 e. The largest absolute Gasteiger partial charge is 0.411 e. The van der Waals surface area contributed by atoms with Gasteiger partial charge in [0.1, 0.15) is 0 Å². The van der Waals surface area contributed by atoms with Crippen LogP contribution in [0.4, 0.5) is 0 Å². The van der Waals surface area contributed by atoms with Gasteiger partial charge in [-0.15, -0.1) is 0 Å². The number of rotatable bonds is 2. The molecule has 58 valence electrons. The van der Waals surface area contributed by atoms with Crippen molar-refractivity contribution < 1.29 is 9.53 Å². The molecule has 0 aliphatic rings. The summed E-state index contributed by atoms with van der Waals surface area (Å²) >= 11 is 0. The third-order valence-electron chi connectivity index (χ3n) is 0.911. The first-order valence-electron chi connectivity index (χ1n) is 2.66. The number of H-pyrrole nitrogens is 2. The van der Waals surface area contributed by atoms with Crippen LogP contribution in [0.15, 0.2) is 15.7 Å². The third kappa shape index (κ3) is 1.78. The molecule has 1 aromatic rings. The Hall–Kier alpha value is -1.85. The maximum absolute atomic E-state index is 10.5. The van der Waals surface area contributed by atoms with Crippen molar-refractivity contribution in [1.29, 1.82) is 0 Å². The Kier molecular flexibility index (Phi) is 1.86. The van der Waals surface area contributed by atoms with E-state index in [0.717, 1.165) is 6.07 Å². The van der Waals surface area contributed by atoms with Crippen LogP contribution in [-0.4, -0.2) is 16.4 Å². The minimum absolute atomic E-state index is 0.116. The summed E-state index contributed by atoms with van der Waals surface area (Å²) in [6, 6.07) is 0.954. The summed E-state index contributed by atoms with van der Waals surface area (Å²) < 4.78 is 4.21. The molecule has 6 heteroatoms. The molecular formula is C5H4N2O4. The van der Waals surface area contributed by atoms with E-state index in [0.29, 0.717) is 0 Å². The number of aromatic nitrogens is 2. The maximum atomic E-state index is 10.5. The van der Waals surface area contributed by atoms with Gasteiger partial charge in [-0.05, 0) is 0 Å². The van der Waals surface area contributed by atoms with Gasteiger partial charge in [-0.1, -0.05) is 0 Å². The second-order valence-corrected chi connectivity index (χ2v) is 1.67. The Morgan fingerprint density at radius 1 is 1.36 bits per heavy atom. The highest BCUT2D eigenvalue weighted by Gasteiger charge is 1.94. The van der Waals surface area contributed by atoms with E-state index in [1.54, 1.807) is 0 Å². The molecule has 1 rings (SSSR count). The zero-order valence-electron chi connectivity index (χ0n) is 5.29. The summed E-state index contributed by atoms with van der Waals surface area (Å²) in [4.78, 5) is 34.7. The van der Waals surface area contributed by atoms with Crippen LogP contribution >= 0.6 is 0 Å². The highest BCUT2D eigenvalue weighted by molar-refractivity contribution is 5.42. The lowest BCUT2D eigenvalue weighted by molar-refractivity contribution is -0.120. The lowest BCUT2D eigenvalue weighted by atomic mass is 10.6. The Morgan fingerprint density at radius 3 is 2.64 bits per heavy atom. The lowest BCUT2D eigenvalue weighted by Crippen LogP contribution is -2.21. The highest BCUT2D eigenvalue weighted by Crippen LogP contribution is 1.92. The minimum atomic E-state index is -0.714. The van der Waals surface area contributed by atoms with Crippen LogP contribution in [0.1, 0.15) is 0 Å². The van der Waals surface area contributed by atoms with Gasteiger partial charge in [-0.25, -0.2) is 4.79 Å². The maximum Gasteiger partial charge on any atom is 0.328 e. The standard InChI is InChI=1S/C5H4N2O4/c8-2-11-4-1-3(9)6-5(10)7-4/h1-2H,(H2,6,7,9,10). The Labute approximate surface area is 59.8 Å². The van der Waals surface area contributed by atoms with Crippen molar-refractivity contribution in [3.63, 3.8) is 0 Å². The zero-order chi connectivity index (χ0) is 8.27. The molecule has 6 nitrogen and oxygen atoms in total. The van der Waals surface area contributed by atoms with Gasteiger partial charge in [0.25, 0.3) is 12.0 Å². The first-order valence-corrected chi connectivity index (χ1v) is 2.66. The molecule has 0 aromatic carbocycles. The van der Waals surface area contributed by atoms with Crippen LogP contribution in [0.25, 0.3) is 0 Å². The van der Waals surface area contributed by atoms with Crippen molar-refractivity contribution in [2.24, 2.45) is 0 Å². The number of hydrogen-bond acceptors (Lipinski definition) is 4. The molecule has 0 saturated carbocycles. The van der Waals surface area contributed by atoms with Gasteiger partial charge in [-0.3, -0.25) is 19.6 Å². The van der Waals surface area contributed by atoms with E-state index in [-0.39, 0.29) is 12.4 Å². The van der Waals surface area contributed by atoms with Gasteiger partial charge >= 0.3 is 5.69 Å². The summed E-state index contributed by atoms with van der Waals surface area (Å²) in [7, 11) is 0. The second kappa shape index (κ2) is 2.82. The average Bonchev–Trinajstić information content (AvgIpc) is 1.85. The number of carbonyl (C=O) groups is 1. The molecule has 0 aliphatic heterocycles. The summed E-state index contributed by atoms with van der Waals surface area (Å²) in [6.07, 6.45) is 0. The van der Waals surface area contributed by atoms with Crippen LogP contribution in [0.3, 0.4) is 0 Å². The van der Waals surface area contributed by atoms with E-state index < -0.39 is 11.2 Å². The average molecular weight is 156 g/mol. The summed E-state index contributed by atoms with van der Waals surface area (Å²) in [6.45, 7) is 0.116. The van der Waals surface area contributed by atoms with Gasteiger partial charge in [-0.2, -0.15) is 0 Å². The van der Waals surface area contributed by atoms with Crippen molar-refractivity contribution in [3.05, 3.63) is 26.9 Å². The predicted molar refractivity (Wildman–Crippen MR) is 34.4 cm³/mol. The van der Waals surface area contributed by atoms with E-state index in [9.17, 15) is 14.4 Å². The fourth-order valence-electron chi connectivity index (χ4n) is 0.562. The quantitative estimate of drug-likeness (QED) is 0.515. The molecule has 0 spiro atoms. The molecule has 0 amide bonds. The monoisotopic (exact) mass is 156 g/mol. The number of hydrogen-bond donors (Lipinski definition) is 2. The second-order valence-electron chi connectivity index (χ2n) is 1.67. The lowest BCUT2D eigenvalue weighted by Gasteiger charge is -1.92. The number of aromatic amines is 2. The first kappa shape index (κ1) is 7.26. The van der Waals surface area contributed by atoms with Crippen LogP contribution in [0, 0.1) is 0 Å². The smallest absolute Gasteiger partial charge is 0.328 e. The van der Waals surface area contributed by atoms with Crippen molar-refractivity contribution in [2.75, 3.05) is 0 Å². The normalized spacial score (nSPS) is 9.09. The van der Waals surface area contributed by atoms with Gasteiger partial charge in [0.2, 0.25) is 5.88 Å². The van der Waals surface area contributed by atoms with Gasteiger partial charge in [0, 0.05) is 0 Å². The molecule has 2 N–H and O–H groups in total. The predicted octanol–water partition coefficient (Wildman–Crippen LogP) is -1.40. The van der Waals surface area contributed by atoms with Crippen molar-refractivity contribution in [2.45, 2.75) is 0 Å². The van der Waals surface area contributed by atoms with Crippen molar-refractivity contribution in [3.8, 4) is 5.88 Å². The molecule has 1 heterocycles. The highest BCUT2D eigenvalue weighted by atomic mass is 16.5. The van der Waals surface area contributed by atoms with Gasteiger partial charge < -0.3 is 4.74 Å². The molecule has 0 bridgehead atoms. The molecule has 0 atom stereocenters. The third-order valence-corrected chi connectivity index (χ3v) is 0.911. The summed E-state index contributed by atoms with van der Waals surface area (Å²) in [5.74, 6) is -0.172. The van der Waals surface area contributed by atoms with E-state index in [1.165, 1.54) is 0 Å². The van der Waals surface area contributed by atoms with Crippen LogP contribution in [0.5, 0.6) is 5.88 Å². The van der Waals surface area contributed by atoms with E-state index in [2.05, 4.69) is 9.72 Å². The van der Waals surface area contributed by atoms with Crippen molar-refractivity contribution in [1.82, 2.24) is 9.97 Å². The topological polar surface area (TPSA) is 92.0 Å². The van der Waals surface area contributed by atoms with E-state index >= 15 is 0 Å². The Morgan fingerprint density at radius 2 is 2.09 bits per heavy atom. The first-order chi connectivity index (χ1) is 5.22. The van der Waals surface area contributed by atoms with Gasteiger partial charge in [0.05, 0.1) is 6.07 Å². The number of ether oxygens (including phenoxy) is 1. The Bertz CT molecular complexity index is 335. The molecule has 0 radical (unpaired) electrons. The van der Waals surface area contributed by atoms with Crippen LogP contribution < -0.4 is 16.0 Å². The SMILES string of the molecule is O=COc1cc(=O)[nH]c(=O)[nH]1. The van der Waals surface area contributed by atoms with Gasteiger partial charge in [0.15, 0.2) is 0 Å². The Balaban J connectivity index is 3.18. The number of carbonyl (C=O) groups excluding carboxylic acids is 1. The van der Waals surface area contributed by atoms with Crippen molar-refractivity contribution >= 4 is 6.47 Å². The molecule has 1 aromatic heterocycles. The zero-order valence-corrected chi connectivity index (χ0v) is 5.29. The van der Waals surface area contributed by atoms with E-state index in [4.69, 9.17) is 0 Å². The summed E-state index contributed by atoms with van der Waals surface area (Å²) in [5.41, 5.74) is -1.33. The molecule has 11 heavy (non-hydrogen) atoms. The van der Waals surface area contributed by atoms with Crippen LogP contribution in [-0.2, 0) is 4.79 Å². The van der Waals surface area contributed by atoms with E-state index in [1.807, 2.05) is 4.98 Å².